The number of aromatic nitrogens is 4. The molecule has 2 aromatic heterocycles. The number of halogens is 3. The normalized spacial score (nSPS) is 8.70. The zero-order valence-corrected chi connectivity index (χ0v) is 16.9. The molecule has 0 saturated carbocycles. The summed E-state index contributed by atoms with van der Waals surface area (Å²) < 4.78 is 0.824. The van der Waals surface area contributed by atoms with Crippen LogP contribution < -0.4 is 0 Å². The van der Waals surface area contributed by atoms with Crippen LogP contribution in [0.4, 0.5) is 0 Å². The highest BCUT2D eigenvalue weighted by molar-refractivity contribution is 14.1. The predicted octanol–water partition coefficient (Wildman–Crippen LogP) is 3.24. The maximum Gasteiger partial charge on any atom is 0.222 e. The first kappa shape index (κ1) is 22.2. The summed E-state index contributed by atoms with van der Waals surface area (Å²) in [5.74, 6) is 0. The summed E-state index contributed by atoms with van der Waals surface area (Å²) in [5, 5.41) is 0.326. The first-order valence-electron chi connectivity index (χ1n) is 5.32. The van der Waals surface area contributed by atoms with Gasteiger partial charge in [-0.1, -0.05) is 0 Å². The van der Waals surface area contributed by atoms with E-state index in [9.17, 15) is 0 Å². The van der Waals surface area contributed by atoms with Gasteiger partial charge < -0.3 is 5.48 Å². The van der Waals surface area contributed by atoms with Gasteiger partial charge in [0.25, 0.3) is 0 Å². The lowest BCUT2D eigenvalue weighted by molar-refractivity contribution is 0.824. The largest absolute Gasteiger partial charge is 0.412 e. The minimum Gasteiger partial charge on any atom is -0.412 e. The van der Waals surface area contributed by atoms with Crippen LogP contribution in [0, 0.1) is 31.5 Å². The Hall–Kier alpha value is -0.130. The second-order valence-electron chi connectivity index (χ2n) is 3.84. The molecule has 20 heavy (non-hydrogen) atoms. The van der Waals surface area contributed by atoms with Crippen LogP contribution in [0.5, 0.6) is 0 Å². The third kappa shape index (κ3) is 8.93. The third-order valence-corrected chi connectivity index (χ3v) is 2.56. The highest BCUT2D eigenvalue weighted by Crippen LogP contribution is 2.03. The number of hydrogen-bond acceptors (Lipinski definition) is 4. The molecule has 0 spiro atoms. The number of hydrogen-bond donors (Lipinski definition) is 0. The van der Waals surface area contributed by atoms with E-state index in [-0.39, 0.29) is 29.5 Å². The Balaban J connectivity index is 0. The van der Waals surface area contributed by atoms with Crippen LogP contribution in [0.25, 0.3) is 0 Å². The van der Waals surface area contributed by atoms with Gasteiger partial charge in [0.2, 0.25) is 5.28 Å². The van der Waals surface area contributed by atoms with Gasteiger partial charge in [-0.15, -0.1) is 24.0 Å². The smallest absolute Gasteiger partial charge is 0.222 e. The van der Waals surface area contributed by atoms with Crippen molar-refractivity contribution in [2.75, 3.05) is 0 Å². The lowest BCUT2D eigenvalue weighted by Crippen LogP contribution is -1.91. The zero-order chi connectivity index (χ0) is 13.7. The van der Waals surface area contributed by atoms with E-state index in [1.807, 2.05) is 39.8 Å². The van der Waals surface area contributed by atoms with Crippen molar-refractivity contribution in [3.63, 3.8) is 0 Å². The molecule has 0 fully saturated rings. The number of aryl methyl sites for hydroxylation is 4. The first-order valence-corrected chi connectivity index (χ1v) is 6.78. The Bertz CT molecular complexity index is 405. The lowest BCUT2D eigenvalue weighted by Gasteiger charge is -1.93. The second-order valence-corrected chi connectivity index (χ2v) is 5.14. The van der Waals surface area contributed by atoms with Gasteiger partial charge in [0.05, 0.1) is 0 Å². The lowest BCUT2D eigenvalue weighted by atomic mass is 10.4. The molecule has 0 aliphatic heterocycles. The van der Waals surface area contributed by atoms with Crippen molar-refractivity contribution < 1.29 is 5.48 Å². The van der Waals surface area contributed by atoms with Gasteiger partial charge in [0.15, 0.2) is 3.83 Å². The topological polar surface area (TPSA) is 83.1 Å². The number of nitrogens with zero attached hydrogens (tertiary/aromatic N) is 4. The van der Waals surface area contributed by atoms with E-state index in [0.717, 1.165) is 26.6 Å². The van der Waals surface area contributed by atoms with Crippen LogP contribution in [0.3, 0.4) is 0 Å². The highest BCUT2D eigenvalue weighted by atomic mass is 127. The van der Waals surface area contributed by atoms with Crippen LogP contribution in [-0.4, -0.2) is 25.4 Å². The Morgan fingerprint density at radius 2 is 1.10 bits per heavy atom. The molecule has 112 valence electrons. The predicted molar refractivity (Wildman–Crippen MR) is 99.8 cm³/mol. The van der Waals surface area contributed by atoms with Gasteiger partial charge in [-0.25, -0.2) is 19.9 Å². The highest BCUT2D eigenvalue weighted by Gasteiger charge is 1.92. The average Bonchev–Trinajstić information content (AvgIpc) is 2.12. The van der Waals surface area contributed by atoms with Crippen molar-refractivity contribution in [3.8, 4) is 0 Å². The second kappa shape index (κ2) is 10.6. The Kier molecular flexibility index (Phi) is 11.7. The Morgan fingerprint density at radius 1 is 0.800 bits per heavy atom. The zero-order valence-electron chi connectivity index (χ0n) is 11.6. The van der Waals surface area contributed by atoms with Crippen molar-refractivity contribution in [2.24, 2.45) is 0 Å². The fourth-order valence-corrected chi connectivity index (χ4v) is 2.39. The third-order valence-electron chi connectivity index (χ3n) is 1.91. The molecule has 2 heterocycles. The van der Waals surface area contributed by atoms with Crippen LogP contribution in [-0.2, 0) is 0 Å². The van der Waals surface area contributed by atoms with Crippen molar-refractivity contribution in [3.05, 3.63) is 44.0 Å². The maximum atomic E-state index is 5.53. The van der Waals surface area contributed by atoms with Gasteiger partial charge in [0.1, 0.15) is 0 Å². The van der Waals surface area contributed by atoms with Crippen LogP contribution in [0.15, 0.2) is 12.1 Å². The van der Waals surface area contributed by atoms with Gasteiger partial charge in [-0.05, 0) is 51.4 Å². The monoisotopic (exact) mass is 522 g/mol. The summed E-state index contributed by atoms with van der Waals surface area (Å²) in [6.07, 6.45) is 0. The van der Waals surface area contributed by atoms with E-state index in [2.05, 4.69) is 42.5 Å². The number of rotatable bonds is 0. The molecule has 0 radical (unpaired) electrons. The minimum atomic E-state index is 0. The molecule has 0 atom stereocenters. The fourth-order valence-electron chi connectivity index (χ4n) is 1.37. The molecule has 2 N–H and O–H groups in total. The first-order chi connectivity index (χ1) is 8.36. The minimum absolute atomic E-state index is 0. The molecule has 8 heteroatoms. The summed E-state index contributed by atoms with van der Waals surface area (Å²) in [7, 11) is 0. The quantitative estimate of drug-likeness (QED) is 0.393. The summed E-state index contributed by atoms with van der Waals surface area (Å²) in [5.41, 5.74) is 3.89. The van der Waals surface area contributed by atoms with Crippen molar-refractivity contribution in [1.29, 1.82) is 0 Å². The Labute approximate surface area is 154 Å². The van der Waals surface area contributed by atoms with Crippen LogP contribution in [0.2, 0.25) is 5.28 Å². The molecule has 5 nitrogen and oxygen atoms in total. The van der Waals surface area contributed by atoms with E-state index in [1.54, 1.807) is 0 Å². The molecule has 0 aliphatic carbocycles. The molecular formula is C12H17ClI2N4O. The molecule has 0 aromatic carbocycles. The van der Waals surface area contributed by atoms with Crippen LogP contribution >= 0.6 is 58.2 Å². The van der Waals surface area contributed by atoms with Gasteiger partial charge in [-0.3, -0.25) is 0 Å². The van der Waals surface area contributed by atoms with E-state index in [4.69, 9.17) is 11.6 Å². The molecular weight excluding hydrogens is 505 g/mol. The fraction of sp³-hybridized carbons (Fsp3) is 0.333. The van der Waals surface area contributed by atoms with E-state index < -0.39 is 0 Å². The Morgan fingerprint density at radius 3 is 1.35 bits per heavy atom. The van der Waals surface area contributed by atoms with Gasteiger partial charge in [0, 0.05) is 45.4 Å². The van der Waals surface area contributed by atoms with Crippen LogP contribution in [0.1, 0.15) is 22.8 Å². The summed E-state index contributed by atoms with van der Waals surface area (Å²) in [6.45, 7) is 7.72. The maximum absolute atomic E-state index is 5.53. The van der Waals surface area contributed by atoms with E-state index in [0.29, 0.717) is 5.28 Å². The van der Waals surface area contributed by atoms with Crippen molar-refractivity contribution in [1.82, 2.24) is 19.9 Å². The van der Waals surface area contributed by atoms with Crippen molar-refractivity contribution in [2.45, 2.75) is 27.7 Å². The molecule has 0 amide bonds. The average molecular weight is 523 g/mol. The summed E-state index contributed by atoms with van der Waals surface area (Å²) in [6, 6.07) is 3.84. The van der Waals surface area contributed by atoms with E-state index >= 15 is 0 Å². The molecule has 2 aromatic rings. The summed E-state index contributed by atoms with van der Waals surface area (Å²) in [4.78, 5) is 16.0. The molecule has 0 saturated heterocycles. The SMILES string of the molecule is Cc1cc(C)nc(Cl)n1.Cc1cc(C)nc(I)n1.I.O. The van der Waals surface area contributed by atoms with Crippen molar-refractivity contribution >= 4 is 58.2 Å². The summed E-state index contributed by atoms with van der Waals surface area (Å²) >= 11 is 7.64. The standard InChI is InChI=1S/C6H7ClN2.C6H7IN2.HI.H2O/c2*1-4-3-5(2)9-6(7)8-4;;/h2*3H,1-2H3;1H;1H2. The van der Waals surface area contributed by atoms with Gasteiger partial charge in [-0.2, -0.15) is 0 Å². The molecule has 2 rings (SSSR count). The molecule has 0 bridgehead atoms. The van der Waals surface area contributed by atoms with Gasteiger partial charge >= 0.3 is 0 Å². The molecule has 0 aliphatic rings. The molecule has 0 unspecified atom stereocenters. The van der Waals surface area contributed by atoms with E-state index in [1.165, 1.54) is 0 Å².